The number of fused-ring (bicyclic) bond motifs is 1. The van der Waals surface area contributed by atoms with Crippen molar-refractivity contribution < 1.29 is 4.42 Å². The Morgan fingerprint density at radius 1 is 1.00 bits per heavy atom. The number of oxazole rings is 1. The molecule has 0 radical (unpaired) electrons. The van der Waals surface area contributed by atoms with Crippen molar-refractivity contribution in [3.63, 3.8) is 0 Å². The van der Waals surface area contributed by atoms with E-state index in [0.29, 0.717) is 17.6 Å². The zero-order valence-electron chi connectivity index (χ0n) is 12.3. The van der Waals surface area contributed by atoms with Crippen molar-refractivity contribution in [2.24, 2.45) is 0 Å². The summed E-state index contributed by atoms with van der Waals surface area (Å²) in [6.07, 6.45) is 0. The molecule has 3 aromatic rings. The van der Waals surface area contributed by atoms with Gasteiger partial charge < -0.3 is 15.1 Å². The number of hydrogen-bond acceptors (Lipinski definition) is 5. The van der Waals surface area contributed by atoms with Gasteiger partial charge in [-0.15, -0.1) is 0 Å². The third-order valence-electron chi connectivity index (χ3n) is 3.11. The molecule has 0 aliphatic carbocycles. The van der Waals surface area contributed by atoms with E-state index in [-0.39, 0.29) is 0 Å². The molecule has 0 saturated heterocycles. The third-order valence-corrected chi connectivity index (χ3v) is 3.11. The van der Waals surface area contributed by atoms with E-state index in [9.17, 15) is 0 Å². The summed E-state index contributed by atoms with van der Waals surface area (Å²) >= 11 is 0. The lowest BCUT2D eigenvalue weighted by Crippen LogP contribution is -2.10. The maximum atomic E-state index is 5.77. The van der Waals surface area contributed by atoms with E-state index in [1.54, 1.807) is 0 Å². The molecule has 0 fully saturated rings. The van der Waals surface area contributed by atoms with Crippen LogP contribution in [0.2, 0.25) is 0 Å². The van der Waals surface area contributed by atoms with Crippen LogP contribution in [-0.4, -0.2) is 23.1 Å². The average molecular weight is 282 g/mol. The van der Waals surface area contributed by atoms with Crippen molar-refractivity contribution in [2.75, 3.05) is 17.7 Å². The Morgan fingerprint density at radius 2 is 1.76 bits per heavy atom. The summed E-state index contributed by atoms with van der Waals surface area (Å²) in [5.41, 5.74) is 3.30. The van der Waals surface area contributed by atoms with E-state index in [0.717, 1.165) is 22.6 Å². The van der Waals surface area contributed by atoms with Gasteiger partial charge in [0.05, 0.1) is 0 Å². The Labute approximate surface area is 123 Å². The molecule has 0 aliphatic heterocycles. The maximum Gasteiger partial charge on any atom is 0.249 e. The molecular weight excluding hydrogens is 264 g/mol. The fraction of sp³-hybridized carbons (Fsp3) is 0.250. The summed E-state index contributed by atoms with van der Waals surface area (Å²) in [6, 6.07) is 12.1. The summed E-state index contributed by atoms with van der Waals surface area (Å²) < 4.78 is 5.77. The number of aromatic nitrogens is 2. The average Bonchev–Trinajstić information content (AvgIpc) is 2.90. The molecule has 5 nitrogen and oxygen atoms in total. The van der Waals surface area contributed by atoms with Gasteiger partial charge in [0.2, 0.25) is 11.6 Å². The Kier molecular flexibility index (Phi) is 3.48. The molecule has 0 unspecified atom stereocenters. The van der Waals surface area contributed by atoms with Crippen molar-refractivity contribution >= 4 is 22.7 Å². The van der Waals surface area contributed by atoms with Gasteiger partial charge >= 0.3 is 0 Å². The predicted octanol–water partition coefficient (Wildman–Crippen LogP) is 3.75. The molecule has 1 aromatic carbocycles. The summed E-state index contributed by atoms with van der Waals surface area (Å²) in [5.74, 6) is 1.38. The van der Waals surface area contributed by atoms with Gasteiger partial charge in [-0.25, -0.2) is 4.98 Å². The predicted molar refractivity (Wildman–Crippen MR) is 85.5 cm³/mol. The summed E-state index contributed by atoms with van der Waals surface area (Å²) in [6.45, 7) is 4.14. The number of hydrogen-bond donors (Lipinski definition) is 2. The van der Waals surface area contributed by atoms with Crippen LogP contribution in [-0.2, 0) is 0 Å². The molecule has 0 amide bonds. The Bertz CT molecular complexity index is 747. The highest BCUT2D eigenvalue weighted by atomic mass is 16.4. The van der Waals surface area contributed by atoms with E-state index in [1.165, 1.54) is 0 Å². The minimum Gasteiger partial charge on any atom is -0.418 e. The molecule has 0 saturated carbocycles. The molecule has 0 bridgehead atoms. The zero-order chi connectivity index (χ0) is 14.8. The number of nitrogens with zero attached hydrogens (tertiary/aromatic N) is 2. The third kappa shape index (κ3) is 2.81. The second-order valence-corrected chi connectivity index (χ2v) is 5.17. The van der Waals surface area contributed by atoms with E-state index in [2.05, 4.69) is 34.4 Å². The van der Waals surface area contributed by atoms with Crippen LogP contribution in [0.5, 0.6) is 0 Å². The SMILES string of the molecule is CNc1ccc(-c2nc3ccc(NC(C)C)nc3o2)cc1. The largest absolute Gasteiger partial charge is 0.418 e. The van der Waals surface area contributed by atoms with Gasteiger partial charge in [0.25, 0.3) is 0 Å². The fourth-order valence-electron chi connectivity index (χ4n) is 2.10. The Balaban J connectivity index is 1.95. The number of nitrogens with one attached hydrogen (secondary N) is 2. The highest BCUT2D eigenvalue weighted by Crippen LogP contribution is 2.25. The first-order chi connectivity index (χ1) is 10.2. The minimum absolute atomic E-state index is 0.325. The standard InChI is InChI=1S/C16H18N4O/c1-10(2)18-14-9-8-13-16(20-14)21-15(19-13)11-4-6-12(17-3)7-5-11/h4-10,17H,1-3H3,(H,18,20). The summed E-state index contributed by atoms with van der Waals surface area (Å²) in [7, 11) is 1.89. The van der Waals surface area contributed by atoms with Crippen LogP contribution >= 0.6 is 0 Å². The van der Waals surface area contributed by atoms with E-state index in [4.69, 9.17) is 4.42 Å². The lowest BCUT2D eigenvalue weighted by Gasteiger charge is -2.07. The van der Waals surface area contributed by atoms with Gasteiger partial charge in [0, 0.05) is 24.3 Å². The molecule has 0 spiro atoms. The van der Waals surface area contributed by atoms with Crippen LogP contribution in [0.1, 0.15) is 13.8 Å². The first-order valence-electron chi connectivity index (χ1n) is 6.98. The molecule has 0 atom stereocenters. The van der Waals surface area contributed by atoms with Gasteiger partial charge in [-0.3, -0.25) is 0 Å². The van der Waals surface area contributed by atoms with Crippen molar-refractivity contribution in [1.29, 1.82) is 0 Å². The van der Waals surface area contributed by atoms with Crippen LogP contribution in [0, 0.1) is 0 Å². The normalized spacial score (nSPS) is 11.0. The van der Waals surface area contributed by atoms with Gasteiger partial charge in [0.15, 0.2) is 0 Å². The summed E-state index contributed by atoms with van der Waals surface area (Å²) in [4.78, 5) is 8.92. The zero-order valence-corrected chi connectivity index (χ0v) is 12.3. The van der Waals surface area contributed by atoms with Crippen LogP contribution < -0.4 is 10.6 Å². The number of rotatable bonds is 4. The van der Waals surface area contributed by atoms with Gasteiger partial charge in [-0.2, -0.15) is 4.98 Å². The Morgan fingerprint density at radius 3 is 2.43 bits per heavy atom. The van der Waals surface area contributed by atoms with Crippen LogP contribution in [0.25, 0.3) is 22.7 Å². The van der Waals surface area contributed by atoms with Crippen LogP contribution in [0.3, 0.4) is 0 Å². The highest BCUT2D eigenvalue weighted by molar-refractivity contribution is 5.74. The topological polar surface area (TPSA) is 63.0 Å². The molecule has 21 heavy (non-hydrogen) atoms. The molecule has 3 rings (SSSR count). The molecule has 2 heterocycles. The fourth-order valence-corrected chi connectivity index (χ4v) is 2.10. The van der Waals surface area contributed by atoms with Crippen molar-refractivity contribution in [3.8, 4) is 11.5 Å². The molecular formula is C16H18N4O. The van der Waals surface area contributed by atoms with Crippen molar-refractivity contribution in [3.05, 3.63) is 36.4 Å². The second-order valence-electron chi connectivity index (χ2n) is 5.17. The first kappa shape index (κ1) is 13.4. The maximum absolute atomic E-state index is 5.77. The van der Waals surface area contributed by atoms with E-state index in [1.807, 2.05) is 43.4 Å². The second kappa shape index (κ2) is 5.44. The highest BCUT2D eigenvalue weighted by Gasteiger charge is 2.10. The number of benzene rings is 1. The van der Waals surface area contributed by atoms with Gasteiger partial charge in [-0.05, 0) is 50.2 Å². The Hall–Kier alpha value is -2.56. The van der Waals surface area contributed by atoms with Crippen molar-refractivity contribution in [1.82, 2.24) is 9.97 Å². The number of anilines is 2. The minimum atomic E-state index is 0.325. The molecule has 0 aliphatic rings. The summed E-state index contributed by atoms with van der Waals surface area (Å²) in [5, 5.41) is 6.34. The smallest absolute Gasteiger partial charge is 0.249 e. The lowest BCUT2D eigenvalue weighted by atomic mass is 10.2. The van der Waals surface area contributed by atoms with Gasteiger partial charge in [-0.1, -0.05) is 0 Å². The molecule has 2 aromatic heterocycles. The van der Waals surface area contributed by atoms with Gasteiger partial charge in [0.1, 0.15) is 11.3 Å². The lowest BCUT2D eigenvalue weighted by molar-refractivity contribution is 0.608. The quantitative estimate of drug-likeness (QED) is 0.763. The van der Waals surface area contributed by atoms with E-state index < -0.39 is 0 Å². The number of pyridine rings is 1. The van der Waals surface area contributed by atoms with E-state index >= 15 is 0 Å². The molecule has 2 N–H and O–H groups in total. The monoisotopic (exact) mass is 282 g/mol. The van der Waals surface area contributed by atoms with Crippen LogP contribution in [0.4, 0.5) is 11.5 Å². The van der Waals surface area contributed by atoms with Crippen LogP contribution in [0.15, 0.2) is 40.8 Å². The molecule has 108 valence electrons. The molecule has 5 heteroatoms. The first-order valence-corrected chi connectivity index (χ1v) is 6.98. The van der Waals surface area contributed by atoms with Crippen molar-refractivity contribution in [2.45, 2.75) is 19.9 Å².